The molecule has 1 saturated heterocycles. The lowest BCUT2D eigenvalue weighted by Crippen LogP contribution is -2.44. The van der Waals surface area contributed by atoms with Crippen LogP contribution < -0.4 is 5.32 Å². The lowest BCUT2D eigenvalue weighted by molar-refractivity contribution is -0.119. The molecule has 4 aromatic rings. The van der Waals surface area contributed by atoms with Gasteiger partial charge in [0.2, 0.25) is 5.95 Å². The van der Waals surface area contributed by atoms with Gasteiger partial charge >= 0.3 is 0 Å². The molecule has 0 spiro atoms. The Labute approximate surface area is 248 Å². The zero-order valence-corrected chi connectivity index (χ0v) is 24.7. The SMILES string of the molecule is CN1CCN(CCCCC(=O)CCCc2cn(-c3ccccc3)c(NC(=O)c3cccc(-c4cnn(C)c4)c3)n2)CC1. The Morgan fingerprint density at radius 1 is 0.857 bits per heavy atom. The second kappa shape index (κ2) is 14.2. The highest BCUT2D eigenvalue weighted by molar-refractivity contribution is 6.04. The van der Waals surface area contributed by atoms with E-state index in [1.54, 1.807) is 16.9 Å². The van der Waals surface area contributed by atoms with Crippen LogP contribution in [0, 0.1) is 0 Å². The summed E-state index contributed by atoms with van der Waals surface area (Å²) in [5.74, 6) is 0.544. The monoisotopic (exact) mass is 567 g/mol. The number of aryl methyl sites for hydroxylation is 2. The van der Waals surface area contributed by atoms with E-state index >= 15 is 0 Å². The van der Waals surface area contributed by atoms with Gasteiger partial charge in [0.1, 0.15) is 5.78 Å². The fraction of sp³-hybridized carbons (Fsp3) is 0.394. The highest BCUT2D eigenvalue weighted by Crippen LogP contribution is 2.22. The molecule has 42 heavy (non-hydrogen) atoms. The van der Waals surface area contributed by atoms with Gasteiger partial charge in [-0.2, -0.15) is 5.10 Å². The standard InChI is InChI=1S/C33H41N7O2/c1-37-18-20-39(21-19-37)17-7-6-15-31(41)16-9-12-29-25-40(30-13-4-3-5-14-30)33(35-29)36-32(42)27-11-8-10-26(22-27)28-23-34-38(2)24-28/h3-5,8,10-11,13-14,22-25H,6-7,9,12,15-21H2,1-2H3,(H,35,36,42). The average Bonchev–Trinajstić information content (AvgIpc) is 3.62. The highest BCUT2D eigenvalue weighted by Gasteiger charge is 2.16. The summed E-state index contributed by atoms with van der Waals surface area (Å²) in [6, 6.07) is 17.3. The van der Waals surface area contributed by atoms with Gasteiger partial charge in [0.15, 0.2) is 0 Å². The van der Waals surface area contributed by atoms with Crippen LogP contribution in [0.5, 0.6) is 0 Å². The van der Waals surface area contributed by atoms with Gasteiger partial charge in [0.05, 0.1) is 11.9 Å². The smallest absolute Gasteiger partial charge is 0.258 e. The number of imidazole rings is 1. The molecule has 0 saturated carbocycles. The zero-order valence-electron chi connectivity index (χ0n) is 24.7. The fourth-order valence-corrected chi connectivity index (χ4v) is 5.33. The molecule has 1 N–H and O–H groups in total. The summed E-state index contributed by atoms with van der Waals surface area (Å²) in [6.07, 6.45) is 10.3. The molecule has 0 bridgehead atoms. The van der Waals surface area contributed by atoms with Crippen molar-refractivity contribution in [2.24, 2.45) is 7.05 Å². The van der Waals surface area contributed by atoms with Crippen molar-refractivity contribution in [3.05, 3.63) is 84.4 Å². The largest absolute Gasteiger partial charge is 0.304 e. The molecule has 1 amide bonds. The number of ketones is 1. The average molecular weight is 568 g/mol. The van der Waals surface area contributed by atoms with Crippen LogP contribution in [0.2, 0.25) is 0 Å². The fourth-order valence-electron chi connectivity index (χ4n) is 5.33. The number of benzene rings is 2. The second-order valence-corrected chi connectivity index (χ2v) is 11.2. The number of Topliss-reactive ketones (excluding diaryl/α,β-unsaturated/α-hetero) is 1. The maximum Gasteiger partial charge on any atom is 0.258 e. The molecule has 1 aliphatic heterocycles. The number of piperazine rings is 1. The summed E-state index contributed by atoms with van der Waals surface area (Å²) in [4.78, 5) is 35.5. The molecule has 2 aromatic carbocycles. The summed E-state index contributed by atoms with van der Waals surface area (Å²) in [5.41, 5.74) is 4.17. The number of rotatable bonds is 13. The zero-order chi connectivity index (χ0) is 29.3. The predicted molar refractivity (Wildman–Crippen MR) is 166 cm³/mol. The van der Waals surface area contributed by atoms with Gasteiger partial charge in [-0.15, -0.1) is 0 Å². The Kier molecular flexibility index (Phi) is 9.94. The first-order valence-electron chi connectivity index (χ1n) is 14.9. The number of hydrogen-bond acceptors (Lipinski definition) is 6. The van der Waals surface area contributed by atoms with Crippen molar-refractivity contribution in [3.63, 3.8) is 0 Å². The van der Waals surface area contributed by atoms with Gasteiger partial charge in [-0.3, -0.25) is 24.2 Å². The van der Waals surface area contributed by atoms with E-state index in [1.807, 2.05) is 72.5 Å². The molecular formula is C33H41N7O2. The molecule has 0 unspecified atom stereocenters. The van der Waals surface area contributed by atoms with E-state index in [4.69, 9.17) is 4.98 Å². The molecule has 1 fully saturated rings. The number of aromatic nitrogens is 4. The lowest BCUT2D eigenvalue weighted by atomic mass is 10.1. The van der Waals surface area contributed by atoms with Crippen molar-refractivity contribution in [1.29, 1.82) is 0 Å². The van der Waals surface area contributed by atoms with E-state index in [-0.39, 0.29) is 5.91 Å². The van der Waals surface area contributed by atoms with Crippen LogP contribution >= 0.6 is 0 Å². The van der Waals surface area contributed by atoms with E-state index in [2.05, 4.69) is 27.3 Å². The van der Waals surface area contributed by atoms with Gasteiger partial charge in [0.25, 0.3) is 5.91 Å². The van der Waals surface area contributed by atoms with Gasteiger partial charge in [-0.05, 0) is 69.1 Å². The Balaban J connectivity index is 1.16. The molecule has 0 radical (unpaired) electrons. The summed E-state index contributed by atoms with van der Waals surface area (Å²) in [6.45, 7) is 5.59. The van der Waals surface area contributed by atoms with Crippen molar-refractivity contribution in [1.82, 2.24) is 29.1 Å². The molecule has 0 atom stereocenters. The first kappa shape index (κ1) is 29.4. The number of amides is 1. The molecule has 0 aliphatic carbocycles. The minimum absolute atomic E-state index is 0.234. The lowest BCUT2D eigenvalue weighted by Gasteiger charge is -2.32. The van der Waals surface area contributed by atoms with E-state index in [0.29, 0.717) is 36.6 Å². The third-order valence-corrected chi connectivity index (χ3v) is 7.84. The molecule has 9 heteroatoms. The maximum atomic E-state index is 13.3. The third kappa shape index (κ3) is 8.02. The second-order valence-electron chi connectivity index (χ2n) is 11.2. The number of para-hydroxylation sites is 1. The summed E-state index contributed by atoms with van der Waals surface area (Å²) < 4.78 is 3.64. The quantitative estimate of drug-likeness (QED) is 0.233. The van der Waals surface area contributed by atoms with Crippen molar-refractivity contribution in [2.75, 3.05) is 45.1 Å². The Hall–Kier alpha value is -4.08. The van der Waals surface area contributed by atoms with Crippen LogP contribution in [0.25, 0.3) is 16.8 Å². The van der Waals surface area contributed by atoms with Crippen molar-refractivity contribution >= 4 is 17.6 Å². The van der Waals surface area contributed by atoms with Crippen LogP contribution in [-0.2, 0) is 18.3 Å². The van der Waals surface area contributed by atoms with Gasteiger partial charge < -0.3 is 9.80 Å². The van der Waals surface area contributed by atoms with Gasteiger partial charge in [-0.1, -0.05) is 30.3 Å². The number of hydrogen-bond donors (Lipinski definition) is 1. The number of unbranched alkanes of at least 4 members (excludes halogenated alkanes) is 1. The van der Waals surface area contributed by atoms with E-state index in [0.717, 1.165) is 74.5 Å². The van der Waals surface area contributed by atoms with Crippen molar-refractivity contribution in [2.45, 2.75) is 38.5 Å². The Morgan fingerprint density at radius 3 is 2.40 bits per heavy atom. The minimum atomic E-state index is -0.234. The molecule has 9 nitrogen and oxygen atoms in total. The molecule has 220 valence electrons. The van der Waals surface area contributed by atoms with Crippen LogP contribution in [0.1, 0.15) is 48.2 Å². The van der Waals surface area contributed by atoms with Crippen LogP contribution in [0.4, 0.5) is 5.95 Å². The van der Waals surface area contributed by atoms with Crippen LogP contribution in [0.15, 0.2) is 73.2 Å². The number of carbonyl (C=O) groups excluding carboxylic acids is 2. The minimum Gasteiger partial charge on any atom is -0.304 e. The summed E-state index contributed by atoms with van der Waals surface area (Å²) in [7, 11) is 4.04. The first-order chi connectivity index (χ1) is 20.4. The normalized spacial score (nSPS) is 14.2. The van der Waals surface area contributed by atoms with Gasteiger partial charge in [0, 0.05) is 75.3 Å². The van der Waals surface area contributed by atoms with Crippen molar-refractivity contribution in [3.8, 4) is 16.8 Å². The Bertz CT molecular complexity index is 1470. The number of nitrogens with one attached hydrogen (secondary N) is 1. The summed E-state index contributed by atoms with van der Waals surface area (Å²) in [5, 5.41) is 7.25. The molecule has 3 heterocycles. The predicted octanol–water partition coefficient (Wildman–Crippen LogP) is 4.83. The highest BCUT2D eigenvalue weighted by atomic mass is 16.1. The maximum absolute atomic E-state index is 13.3. The van der Waals surface area contributed by atoms with Gasteiger partial charge in [-0.25, -0.2) is 4.98 Å². The Morgan fingerprint density at radius 2 is 1.64 bits per heavy atom. The molecule has 2 aromatic heterocycles. The van der Waals surface area contributed by atoms with E-state index in [1.165, 1.54) is 0 Å². The van der Waals surface area contributed by atoms with Crippen molar-refractivity contribution < 1.29 is 9.59 Å². The number of nitrogens with zero attached hydrogens (tertiary/aromatic N) is 6. The number of anilines is 1. The van der Waals surface area contributed by atoms with E-state index < -0.39 is 0 Å². The van der Waals surface area contributed by atoms with E-state index in [9.17, 15) is 9.59 Å². The first-order valence-corrected chi connectivity index (χ1v) is 14.9. The van der Waals surface area contributed by atoms with Crippen LogP contribution in [-0.4, -0.2) is 80.6 Å². The molecule has 5 rings (SSSR count). The molecule has 1 aliphatic rings. The number of carbonyl (C=O) groups is 2. The number of likely N-dealkylation sites (N-methyl/N-ethyl adjacent to an activating group) is 1. The summed E-state index contributed by atoms with van der Waals surface area (Å²) >= 11 is 0. The topological polar surface area (TPSA) is 88.3 Å². The van der Waals surface area contributed by atoms with Crippen LogP contribution in [0.3, 0.4) is 0 Å². The molecular weight excluding hydrogens is 526 g/mol. The third-order valence-electron chi connectivity index (χ3n) is 7.84.